The van der Waals surface area contributed by atoms with Crippen molar-refractivity contribution in [1.82, 2.24) is 0 Å². The number of aromatic hydroxyl groups is 1. The third-order valence-corrected chi connectivity index (χ3v) is 8.25. The Bertz CT molecular complexity index is 424. The van der Waals surface area contributed by atoms with Crippen molar-refractivity contribution in [3.8, 4) is 11.5 Å². The van der Waals surface area contributed by atoms with Crippen molar-refractivity contribution in [1.29, 1.82) is 0 Å². The molecule has 102 valence electrons. The molecule has 0 fully saturated rings. The molecule has 0 aliphatic carbocycles. The minimum Gasteiger partial charge on any atom is -0.504 e. The number of phenols is 1. The van der Waals surface area contributed by atoms with Crippen LogP contribution in [0.15, 0.2) is 30.9 Å². The van der Waals surface area contributed by atoms with Crippen LogP contribution in [0.1, 0.15) is 5.56 Å². The molecule has 0 spiro atoms. The fraction of sp³-hybridized carbons (Fsp3) is 0.385. The average molecular weight is 292 g/mol. The Labute approximate surface area is 120 Å². The van der Waals surface area contributed by atoms with Crippen LogP contribution in [0.5, 0.6) is 11.5 Å². The standard InChI is InChI=1S/C13H21BO3Si2/c1-4-8-18-17-19(3,14)9-7-11-5-6-12(15)13(10-11)16-2/h4-6,10,15H,1,7-9,18H2,2-3H3. The number of hydrogen-bond donors (Lipinski definition) is 1. The van der Waals surface area contributed by atoms with Crippen molar-refractivity contribution in [3.63, 3.8) is 0 Å². The number of benzene rings is 1. The highest BCUT2D eigenvalue weighted by atomic mass is 28.4. The molecular weight excluding hydrogens is 271 g/mol. The van der Waals surface area contributed by atoms with Crippen LogP contribution < -0.4 is 4.74 Å². The Morgan fingerprint density at radius 2 is 2.26 bits per heavy atom. The van der Waals surface area contributed by atoms with Gasteiger partial charge < -0.3 is 14.0 Å². The molecular formula is C13H21BO3Si2. The molecule has 0 heterocycles. The van der Waals surface area contributed by atoms with Gasteiger partial charge in [-0.05, 0) is 36.2 Å². The molecule has 1 aromatic carbocycles. The van der Waals surface area contributed by atoms with Gasteiger partial charge in [-0.25, -0.2) is 0 Å². The van der Waals surface area contributed by atoms with Crippen molar-refractivity contribution >= 4 is 25.4 Å². The van der Waals surface area contributed by atoms with E-state index < -0.39 is 18.0 Å². The lowest BCUT2D eigenvalue weighted by Gasteiger charge is -2.24. The molecule has 1 atom stereocenters. The highest BCUT2D eigenvalue weighted by Crippen LogP contribution is 2.27. The van der Waals surface area contributed by atoms with E-state index in [2.05, 4.69) is 6.58 Å². The maximum absolute atomic E-state index is 9.54. The van der Waals surface area contributed by atoms with Crippen molar-refractivity contribution in [3.05, 3.63) is 36.4 Å². The lowest BCUT2D eigenvalue weighted by atomic mass is 10.1. The molecule has 1 N–H and O–H groups in total. The van der Waals surface area contributed by atoms with Crippen LogP contribution >= 0.6 is 0 Å². The van der Waals surface area contributed by atoms with E-state index in [-0.39, 0.29) is 5.75 Å². The molecule has 0 saturated carbocycles. The lowest BCUT2D eigenvalue weighted by Crippen LogP contribution is -2.37. The summed E-state index contributed by atoms with van der Waals surface area (Å²) in [5.41, 5.74) is 1.10. The van der Waals surface area contributed by atoms with Gasteiger partial charge in [0.15, 0.2) is 11.5 Å². The fourth-order valence-electron chi connectivity index (χ4n) is 1.72. The Hall–Kier alpha value is -0.981. The van der Waals surface area contributed by atoms with Crippen molar-refractivity contribution in [2.24, 2.45) is 0 Å². The van der Waals surface area contributed by atoms with Crippen molar-refractivity contribution in [2.45, 2.75) is 25.1 Å². The summed E-state index contributed by atoms with van der Waals surface area (Å²) in [6.07, 6.45) is 2.74. The van der Waals surface area contributed by atoms with Crippen LogP contribution in [0.4, 0.5) is 0 Å². The second-order valence-corrected chi connectivity index (χ2v) is 10.0. The van der Waals surface area contributed by atoms with E-state index in [9.17, 15) is 5.11 Å². The fourth-order valence-corrected chi connectivity index (χ4v) is 5.58. The van der Waals surface area contributed by atoms with Crippen LogP contribution in [-0.4, -0.2) is 37.6 Å². The van der Waals surface area contributed by atoms with E-state index >= 15 is 0 Å². The summed E-state index contributed by atoms with van der Waals surface area (Å²) in [5.74, 6) is 0.661. The average Bonchev–Trinajstić information content (AvgIpc) is 2.38. The molecule has 1 unspecified atom stereocenters. The lowest BCUT2D eigenvalue weighted by molar-refractivity contribution is 0.373. The van der Waals surface area contributed by atoms with Crippen LogP contribution in [0.3, 0.4) is 0 Å². The van der Waals surface area contributed by atoms with Crippen molar-refractivity contribution in [2.75, 3.05) is 7.11 Å². The number of allylic oxidation sites excluding steroid dienone is 1. The summed E-state index contributed by atoms with van der Waals surface area (Å²) in [6, 6.07) is 7.22. The molecule has 1 rings (SSSR count). The molecule has 19 heavy (non-hydrogen) atoms. The minimum atomic E-state index is -2.05. The van der Waals surface area contributed by atoms with Crippen molar-refractivity contribution < 1.29 is 14.0 Å². The number of phenolic OH excluding ortho intramolecular Hbond substituents is 1. The highest BCUT2D eigenvalue weighted by Gasteiger charge is 2.20. The molecule has 0 amide bonds. The zero-order valence-corrected chi connectivity index (χ0v) is 14.1. The van der Waals surface area contributed by atoms with Gasteiger partial charge in [-0.1, -0.05) is 18.7 Å². The first-order valence-electron chi connectivity index (χ1n) is 6.38. The smallest absolute Gasteiger partial charge is 0.160 e. The van der Waals surface area contributed by atoms with Gasteiger partial charge in [-0.3, -0.25) is 0 Å². The SMILES string of the molecule is [B][Si](C)(CCc1ccc(O)c(OC)c1)O[SiH2]CC=C. The first kappa shape index (κ1) is 16.1. The van der Waals surface area contributed by atoms with Gasteiger partial charge >= 0.3 is 0 Å². The summed E-state index contributed by atoms with van der Waals surface area (Å²) < 4.78 is 11.0. The number of rotatable bonds is 8. The topological polar surface area (TPSA) is 38.7 Å². The predicted molar refractivity (Wildman–Crippen MR) is 85.2 cm³/mol. The summed E-state index contributed by atoms with van der Waals surface area (Å²) in [7, 11) is 5.18. The summed E-state index contributed by atoms with van der Waals surface area (Å²) in [4.78, 5) is 0. The molecule has 0 aliphatic rings. The molecule has 3 nitrogen and oxygen atoms in total. The van der Waals surface area contributed by atoms with Crippen LogP contribution in [0.2, 0.25) is 18.6 Å². The maximum atomic E-state index is 9.54. The molecule has 2 radical (unpaired) electrons. The van der Waals surface area contributed by atoms with Gasteiger partial charge in [0.2, 0.25) is 0 Å². The van der Waals surface area contributed by atoms with E-state index in [1.165, 1.54) is 0 Å². The second kappa shape index (κ2) is 7.57. The predicted octanol–water partition coefficient (Wildman–Crippen LogP) is 1.89. The molecule has 0 saturated heterocycles. The Morgan fingerprint density at radius 1 is 1.53 bits per heavy atom. The Morgan fingerprint density at radius 3 is 2.89 bits per heavy atom. The third-order valence-electron chi connectivity index (χ3n) is 2.91. The number of methoxy groups -OCH3 is 1. The van der Waals surface area contributed by atoms with Gasteiger partial charge in [-0.15, -0.1) is 6.58 Å². The Kier molecular flexibility index (Phi) is 6.40. The second-order valence-electron chi connectivity index (χ2n) is 4.74. The quantitative estimate of drug-likeness (QED) is 0.452. The largest absolute Gasteiger partial charge is 0.504 e. The minimum absolute atomic E-state index is 0.161. The number of ether oxygens (including phenoxy) is 1. The molecule has 1 aromatic rings. The van der Waals surface area contributed by atoms with Crippen LogP contribution in [0, 0.1) is 0 Å². The van der Waals surface area contributed by atoms with Gasteiger partial charge in [0.05, 0.1) is 14.5 Å². The first-order chi connectivity index (χ1) is 8.98. The maximum Gasteiger partial charge on any atom is 0.160 e. The first-order valence-corrected chi connectivity index (χ1v) is 10.6. The van der Waals surface area contributed by atoms with Gasteiger partial charge in [0, 0.05) is 0 Å². The third kappa shape index (κ3) is 5.67. The number of aryl methyl sites for hydroxylation is 1. The van der Waals surface area contributed by atoms with Gasteiger partial charge in [-0.2, -0.15) is 0 Å². The summed E-state index contributed by atoms with van der Waals surface area (Å²) >= 11 is 0. The summed E-state index contributed by atoms with van der Waals surface area (Å²) in [6.45, 7) is 5.74. The van der Waals surface area contributed by atoms with E-state index in [1.807, 2.05) is 24.8 Å². The molecule has 0 aromatic heterocycles. The van der Waals surface area contributed by atoms with Gasteiger partial charge in [0.25, 0.3) is 0 Å². The van der Waals surface area contributed by atoms with Crippen LogP contribution in [-0.2, 0) is 10.5 Å². The molecule has 0 bridgehead atoms. The summed E-state index contributed by atoms with van der Waals surface area (Å²) in [5, 5.41) is 9.54. The van der Waals surface area contributed by atoms with E-state index in [1.54, 1.807) is 13.2 Å². The molecule has 6 heteroatoms. The zero-order chi connectivity index (χ0) is 14.3. The highest BCUT2D eigenvalue weighted by molar-refractivity contribution is 7.14. The monoisotopic (exact) mass is 292 g/mol. The Balaban J connectivity index is 2.53. The van der Waals surface area contributed by atoms with Gasteiger partial charge in [0.1, 0.15) is 18.0 Å². The zero-order valence-electron chi connectivity index (χ0n) is 11.7. The van der Waals surface area contributed by atoms with Crippen LogP contribution in [0.25, 0.3) is 0 Å². The molecule has 0 aliphatic heterocycles. The number of hydrogen-bond acceptors (Lipinski definition) is 3. The van der Waals surface area contributed by atoms with E-state index in [0.717, 1.165) is 24.1 Å². The normalized spacial score (nSPS) is 14.4. The van der Waals surface area contributed by atoms with E-state index in [0.29, 0.717) is 5.75 Å². The van der Waals surface area contributed by atoms with E-state index in [4.69, 9.17) is 16.3 Å².